The maximum atomic E-state index is 12.5. The van der Waals surface area contributed by atoms with Crippen LogP contribution in [0, 0.1) is 5.92 Å². The fourth-order valence-corrected chi connectivity index (χ4v) is 3.11. The third kappa shape index (κ3) is 3.94. The number of benzene rings is 1. The molecule has 1 unspecified atom stereocenters. The van der Waals surface area contributed by atoms with Crippen LogP contribution in [0.2, 0.25) is 5.02 Å². The number of carbonyl (C=O) groups excluding carboxylic acids is 1. The summed E-state index contributed by atoms with van der Waals surface area (Å²) in [6.45, 7) is 4.99. The van der Waals surface area contributed by atoms with Crippen molar-refractivity contribution < 1.29 is 9.53 Å². The zero-order valence-corrected chi connectivity index (χ0v) is 13.2. The Balaban J connectivity index is 2.10. The number of nitrogens with zero attached hydrogens (tertiary/aromatic N) is 1. The van der Waals surface area contributed by atoms with Crippen LogP contribution in [0.15, 0.2) is 22.7 Å². The maximum absolute atomic E-state index is 12.5. The third-order valence-electron chi connectivity index (χ3n) is 3.28. The summed E-state index contributed by atoms with van der Waals surface area (Å²) < 4.78 is 6.18. The van der Waals surface area contributed by atoms with Gasteiger partial charge in [0.1, 0.15) is 0 Å². The second-order valence-electron chi connectivity index (χ2n) is 4.73. The van der Waals surface area contributed by atoms with E-state index in [1.165, 1.54) is 0 Å². The molecule has 1 amide bonds. The Bertz CT molecular complexity index is 441. The predicted octanol–water partition coefficient (Wildman–Crippen LogP) is 3.60. The van der Waals surface area contributed by atoms with E-state index in [0.717, 1.165) is 30.7 Å². The summed E-state index contributed by atoms with van der Waals surface area (Å²) in [5.41, 5.74) is 0.625. The Labute approximate surface area is 127 Å². The van der Waals surface area contributed by atoms with Gasteiger partial charge in [0.15, 0.2) is 0 Å². The normalized spacial score (nSPS) is 18.6. The van der Waals surface area contributed by atoms with E-state index in [2.05, 4.69) is 15.9 Å². The van der Waals surface area contributed by atoms with Crippen molar-refractivity contribution in [2.75, 3.05) is 26.3 Å². The van der Waals surface area contributed by atoms with Crippen LogP contribution in [-0.2, 0) is 4.74 Å². The van der Waals surface area contributed by atoms with Crippen LogP contribution < -0.4 is 0 Å². The van der Waals surface area contributed by atoms with Crippen molar-refractivity contribution in [3.05, 3.63) is 33.3 Å². The van der Waals surface area contributed by atoms with Crippen LogP contribution in [0.25, 0.3) is 0 Å². The number of ether oxygens (including phenoxy) is 1. The molecule has 0 N–H and O–H groups in total. The summed E-state index contributed by atoms with van der Waals surface area (Å²) in [5.74, 6) is 0.476. The lowest BCUT2D eigenvalue weighted by Gasteiger charge is -2.24. The molecule has 0 spiro atoms. The van der Waals surface area contributed by atoms with Gasteiger partial charge in [-0.1, -0.05) is 27.5 Å². The van der Waals surface area contributed by atoms with Crippen LogP contribution in [0.3, 0.4) is 0 Å². The van der Waals surface area contributed by atoms with Crippen LogP contribution in [-0.4, -0.2) is 37.1 Å². The Morgan fingerprint density at radius 3 is 2.89 bits per heavy atom. The molecule has 0 radical (unpaired) electrons. The zero-order chi connectivity index (χ0) is 13.8. The van der Waals surface area contributed by atoms with E-state index in [1.807, 2.05) is 17.9 Å². The number of carbonyl (C=O) groups is 1. The van der Waals surface area contributed by atoms with E-state index in [0.29, 0.717) is 23.0 Å². The molecule has 1 aromatic carbocycles. The quantitative estimate of drug-likeness (QED) is 0.833. The van der Waals surface area contributed by atoms with Gasteiger partial charge in [-0.2, -0.15) is 0 Å². The van der Waals surface area contributed by atoms with Gasteiger partial charge in [-0.15, -0.1) is 0 Å². The Kier molecular flexibility index (Phi) is 5.25. The monoisotopic (exact) mass is 345 g/mol. The smallest absolute Gasteiger partial charge is 0.253 e. The fourth-order valence-electron chi connectivity index (χ4n) is 2.25. The van der Waals surface area contributed by atoms with Crippen LogP contribution in [0.5, 0.6) is 0 Å². The van der Waals surface area contributed by atoms with Gasteiger partial charge in [0, 0.05) is 40.7 Å². The molecule has 1 saturated heterocycles. The van der Waals surface area contributed by atoms with E-state index in [4.69, 9.17) is 16.3 Å². The number of halogens is 2. The van der Waals surface area contributed by atoms with Crippen LogP contribution in [0.4, 0.5) is 0 Å². The first-order valence-electron chi connectivity index (χ1n) is 6.43. The molecule has 1 fully saturated rings. The molecular formula is C14H17BrClNO2. The van der Waals surface area contributed by atoms with Crippen LogP contribution in [0.1, 0.15) is 23.7 Å². The molecule has 0 saturated carbocycles. The molecule has 2 rings (SSSR count). The van der Waals surface area contributed by atoms with Crippen molar-refractivity contribution in [1.82, 2.24) is 4.90 Å². The number of amides is 1. The number of hydrogen-bond donors (Lipinski definition) is 0. The molecular weight excluding hydrogens is 330 g/mol. The van der Waals surface area contributed by atoms with E-state index in [-0.39, 0.29) is 5.91 Å². The molecule has 1 aliphatic heterocycles. The SMILES string of the molecule is CCN(CC1CCOC1)C(=O)c1cc(Cl)cc(Br)c1. The Hall–Kier alpha value is -0.580. The number of hydrogen-bond acceptors (Lipinski definition) is 2. The summed E-state index contributed by atoms with van der Waals surface area (Å²) in [7, 11) is 0. The van der Waals surface area contributed by atoms with E-state index < -0.39 is 0 Å². The van der Waals surface area contributed by atoms with Gasteiger partial charge >= 0.3 is 0 Å². The topological polar surface area (TPSA) is 29.5 Å². The van der Waals surface area contributed by atoms with Crippen molar-refractivity contribution in [3.8, 4) is 0 Å². The van der Waals surface area contributed by atoms with Crippen molar-refractivity contribution in [3.63, 3.8) is 0 Å². The minimum atomic E-state index is 0.0256. The second-order valence-corrected chi connectivity index (χ2v) is 6.08. The Morgan fingerprint density at radius 1 is 1.53 bits per heavy atom. The summed E-state index contributed by atoms with van der Waals surface area (Å²) in [4.78, 5) is 14.3. The average molecular weight is 347 g/mol. The zero-order valence-electron chi connectivity index (χ0n) is 10.9. The predicted molar refractivity (Wildman–Crippen MR) is 79.7 cm³/mol. The fraction of sp³-hybridized carbons (Fsp3) is 0.500. The molecule has 1 heterocycles. The van der Waals surface area contributed by atoms with E-state index >= 15 is 0 Å². The maximum Gasteiger partial charge on any atom is 0.253 e. The van der Waals surface area contributed by atoms with Crippen LogP contribution >= 0.6 is 27.5 Å². The minimum absolute atomic E-state index is 0.0256. The molecule has 3 nitrogen and oxygen atoms in total. The summed E-state index contributed by atoms with van der Waals surface area (Å²) >= 11 is 9.36. The first kappa shape index (κ1) is 14.8. The highest BCUT2D eigenvalue weighted by Crippen LogP contribution is 2.22. The lowest BCUT2D eigenvalue weighted by atomic mass is 10.1. The molecule has 19 heavy (non-hydrogen) atoms. The highest BCUT2D eigenvalue weighted by atomic mass is 79.9. The van der Waals surface area contributed by atoms with Gasteiger partial charge in [-0.05, 0) is 31.5 Å². The Morgan fingerprint density at radius 2 is 2.32 bits per heavy atom. The molecule has 0 aromatic heterocycles. The highest BCUT2D eigenvalue weighted by Gasteiger charge is 2.22. The van der Waals surface area contributed by atoms with Gasteiger partial charge in [0.2, 0.25) is 0 Å². The largest absolute Gasteiger partial charge is 0.381 e. The summed E-state index contributed by atoms with van der Waals surface area (Å²) in [6.07, 6.45) is 1.03. The molecule has 0 bridgehead atoms. The van der Waals surface area contributed by atoms with Gasteiger partial charge in [-0.3, -0.25) is 4.79 Å². The molecule has 1 aliphatic rings. The third-order valence-corrected chi connectivity index (χ3v) is 3.96. The lowest BCUT2D eigenvalue weighted by molar-refractivity contribution is 0.0730. The van der Waals surface area contributed by atoms with Crippen molar-refractivity contribution in [2.45, 2.75) is 13.3 Å². The molecule has 5 heteroatoms. The average Bonchev–Trinajstić information content (AvgIpc) is 2.86. The van der Waals surface area contributed by atoms with Gasteiger partial charge in [0.25, 0.3) is 5.91 Å². The lowest BCUT2D eigenvalue weighted by Crippen LogP contribution is -2.35. The molecule has 1 aromatic rings. The van der Waals surface area contributed by atoms with Crippen molar-refractivity contribution in [2.24, 2.45) is 5.92 Å². The molecule has 0 aliphatic carbocycles. The highest BCUT2D eigenvalue weighted by molar-refractivity contribution is 9.10. The van der Waals surface area contributed by atoms with E-state index in [9.17, 15) is 4.79 Å². The molecule has 1 atom stereocenters. The first-order chi connectivity index (χ1) is 9.10. The van der Waals surface area contributed by atoms with Gasteiger partial charge < -0.3 is 9.64 Å². The number of rotatable bonds is 4. The van der Waals surface area contributed by atoms with Gasteiger partial charge in [-0.25, -0.2) is 0 Å². The second kappa shape index (κ2) is 6.73. The molecule has 104 valence electrons. The van der Waals surface area contributed by atoms with Crippen molar-refractivity contribution in [1.29, 1.82) is 0 Å². The summed E-state index contributed by atoms with van der Waals surface area (Å²) in [5, 5.41) is 0.568. The first-order valence-corrected chi connectivity index (χ1v) is 7.60. The standard InChI is InChI=1S/C14H17BrClNO2/c1-2-17(8-10-3-4-19-9-10)14(18)11-5-12(15)7-13(16)6-11/h5-7,10H,2-4,8-9H2,1H3. The minimum Gasteiger partial charge on any atom is -0.381 e. The summed E-state index contributed by atoms with van der Waals surface area (Å²) in [6, 6.07) is 5.30. The van der Waals surface area contributed by atoms with Crippen molar-refractivity contribution >= 4 is 33.4 Å². The van der Waals surface area contributed by atoms with Gasteiger partial charge in [0.05, 0.1) is 6.61 Å². The van der Waals surface area contributed by atoms with E-state index in [1.54, 1.807) is 12.1 Å².